The summed E-state index contributed by atoms with van der Waals surface area (Å²) in [7, 11) is 2.06. The third kappa shape index (κ3) is 14.8. The lowest BCUT2D eigenvalue weighted by Crippen LogP contribution is -2.51. The molecule has 480 valence electrons. The summed E-state index contributed by atoms with van der Waals surface area (Å²) in [5.41, 5.74) is 11.9. The van der Waals surface area contributed by atoms with Gasteiger partial charge in [0.2, 0.25) is 23.6 Å². The average Bonchev–Trinajstić information content (AvgIpc) is 1.65. The van der Waals surface area contributed by atoms with Gasteiger partial charge in [-0.2, -0.15) is 5.10 Å². The predicted molar refractivity (Wildman–Crippen MR) is 337 cm³/mol. The monoisotopic (exact) mass is 1240 g/mol. The number of nitrogens with two attached hydrogens (primary N) is 1. The van der Waals surface area contributed by atoms with E-state index in [1.165, 1.54) is 50.6 Å². The number of hydrogen-bond acceptors (Lipinski definition) is 20. The van der Waals surface area contributed by atoms with Crippen molar-refractivity contribution in [3.05, 3.63) is 78.1 Å². The minimum atomic E-state index is -0.499. The van der Waals surface area contributed by atoms with Crippen molar-refractivity contribution in [1.29, 1.82) is 0 Å². The summed E-state index contributed by atoms with van der Waals surface area (Å²) in [6, 6.07) is 9.71. The molecule has 4 aromatic heterocycles. The highest BCUT2D eigenvalue weighted by atomic mass is 19.1. The Hall–Kier alpha value is -8.39. The molecule has 2 aromatic carbocycles. The van der Waals surface area contributed by atoms with Crippen molar-refractivity contribution in [2.75, 3.05) is 105 Å². The van der Waals surface area contributed by atoms with Crippen LogP contribution in [-0.4, -0.2) is 177 Å². The predicted octanol–water partition coefficient (Wildman–Crippen LogP) is 7.78. The summed E-state index contributed by atoms with van der Waals surface area (Å²) >= 11 is 0. The van der Waals surface area contributed by atoms with Gasteiger partial charge < -0.3 is 45.2 Å². The van der Waals surface area contributed by atoms with E-state index in [-0.39, 0.29) is 58.7 Å². The molecule has 6 aromatic rings. The molecule has 0 bridgehead atoms. The van der Waals surface area contributed by atoms with Gasteiger partial charge in [0.05, 0.1) is 34.5 Å². The van der Waals surface area contributed by atoms with Crippen molar-refractivity contribution in [2.24, 2.45) is 0 Å². The van der Waals surface area contributed by atoms with E-state index in [1.54, 1.807) is 23.1 Å². The normalized spacial score (nSPS) is 20.8. The van der Waals surface area contributed by atoms with E-state index >= 15 is 0 Å². The standard InChI is InChI=1S/C27H33N9O3.C21H29FN4O2.C16H21FN4O2/c1-5-38-26(37)35-10-8-15(9-11-35)17-12-29-24(30-13-17)18-21(34-39-22(18)16-6-7-16)20-19-23(28)31-14-32-25(19)36(33-20)27(2,3)4;22-17-14-15(23-18-7-9-20(27)24-21(18)28)6-8-19(17)26-12-10-25(11-13-26)16-4-2-1-3-5-16;1-20-6-8-21(9-7-20)14-4-2-11(10-12(14)17)18-13-3-5-15(22)19-16(13)23/h12-16H,5-11H2,1-4H3,(H2,28,31,32);6,8,14,16,18,23H,1-5,7,9-13H2,(H,24,27,28);2,4,10,13,18H,3,5-9H2,1H3,(H,19,22,23). The Morgan fingerprint density at radius 3 is 1.79 bits per heavy atom. The number of anilines is 5. The lowest BCUT2D eigenvalue weighted by molar-refractivity contribution is -0.135. The Morgan fingerprint density at radius 2 is 1.27 bits per heavy atom. The largest absolute Gasteiger partial charge is 0.450 e. The van der Waals surface area contributed by atoms with Crippen LogP contribution >= 0.6 is 0 Å². The van der Waals surface area contributed by atoms with Crippen LogP contribution in [0.4, 0.5) is 42.1 Å². The Balaban J connectivity index is 0.000000145. The number of rotatable bonds is 12. The lowest BCUT2D eigenvalue weighted by Gasteiger charge is -2.41. The summed E-state index contributed by atoms with van der Waals surface area (Å²) < 4.78 is 42.0. The zero-order valence-electron chi connectivity index (χ0n) is 52.1. The van der Waals surface area contributed by atoms with Crippen molar-refractivity contribution < 1.29 is 42.0 Å². The highest BCUT2D eigenvalue weighted by molar-refractivity contribution is 6.02. The van der Waals surface area contributed by atoms with Crippen molar-refractivity contribution in [3.63, 3.8) is 0 Å². The van der Waals surface area contributed by atoms with Crippen LogP contribution < -0.4 is 36.8 Å². The van der Waals surface area contributed by atoms with Gasteiger partial charge in [-0.25, -0.2) is 38.2 Å². The van der Waals surface area contributed by atoms with Crippen LogP contribution in [0, 0.1) is 11.6 Å². The molecule has 2 atom stereocenters. The Morgan fingerprint density at radius 1 is 0.700 bits per heavy atom. The van der Waals surface area contributed by atoms with Gasteiger partial charge in [0.15, 0.2) is 17.2 Å². The van der Waals surface area contributed by atoms with Crippen LogP contribution in [0.3, 0.4) is 0 Å². The average molecular weight is 1240 g/mol. The number of piperazine rings is 2. The number of imide groups is 2. The smallest absolute Gasteiger partial charge is 0.409 e. The number of carbonyl (C=O) groups is 5. The number of nitrogen functional groups attached to an aromatic ring is 1. The number of ether oxygens (including phenoxy) is 1. The Bertz CT molecular complexity index is 3540. The number of piperidine rings is 3. The molecule has 0 radical (unpaired) electrons. The number of benzene rings is 2. The SMILES string of the molecule is CCOC(=O)N1CCC(c2cnc(-c3c(-c4nn(C(C)(C)C)c5ncnc(N)c45)noc3C3CC3)nc2)CC1.CN1CCN(c2ccc(NC3CCC(=O)NC3=O)cc2F)CC1.O=C1CCC(Nc2ccc(N3CCN(C4CCCCC4)CC3)c(F)c2)C(=O)N1. The fourth-order valence-electron chi connectivity index (χ4n) is 12.8. The molecular weight excluding hydrogens is 1160 g/mol. The number of aromatic nitrogens is 7. The maximum absolute atomic E-state index is 14.7. The van der Waals surface area contributed by atoms with Gasteiger partial charge >= 0.3 is 6.09 Å². The number of carbonyl (C=O) groups excluding carboxylic acids is 5. The summed E-state index contributed by atoms with van der Waals surface area (Å²) in [6.07, 6.45) is 16.8. The first-order valence-corrected chi connectivity index (χ1v) is 31.8. The van der Waals surface area contributed by atoms with E-state index < -0.39 is 12.1 Å². The number of nitrogens with one attached hydrogen (secondary N) is 4. The van der Waals surface area contributed by atoms with Gasteiger partial charge in [-0.05, 0) is 134 Å². The fourth-order valence-corrected chi connectivity index (χ4v) is 12.8. The molecule has 24 nitrogen and oxygen atoms in total. The van der Waals surface area contributed by atoms with E-state index in [9.17, 15) is 32.8 Å². The van der Waals surface area contributed by atoms with E-state index in [0.717, 1.165) is 94.9 Å². The maximum atomic E-state index is 14.7. The molecule has 9 heterocycles. The molecular formula is C64H83F2N17O7. The minimum Gasteiger partial charge on any atom is -0.450 e. The Kier molecular flexibility index (Phi) is 19.5. The topological polar surface area (TPSA) is 280 Å². The van der Waals surface area contributed by atoms with Crippen LogP contribution in [0.25, 0.3) is 33.8 Å². The third-order valence-electron chi connectivity index (χ3n) is 18.1. The molecule has 5 saturated heterocycles. The van der Waals surface area contributed by atoms with E-state index in [4.69, 9.17) is 30.1 Å². The number of halogens is 2. The molecule has 5 aliphatic heterocycles. The fraction of sp³-hybridized carbons (Fsp3) is 0.547. The number of amides is 5. The van der Waals surface area contributed by atoms with Crippen LogP contribution in [0.5, 0.6) is 0 Å². The summed E-state index contributed by atoms with van der Waals surface area (Å²) in [6.45, 7) is 16.8. The van der Waals surface area contributed by atoms with Gasteiger partial charge in [0.25, 0.3) is 0 Å². The first kappa shape index (κ1) is 63.2. The number of nitrogens with zero attached hydrogens (tertiary/aromatic N) is 12. The zero-order chi connectivity index (χ0) is 63.2. The van der Waals surface area contributed by atoms with Gasteiger partial charge in [0.1, 0.15) is 47.3 Å². The van der Waals surface area contributed by atoms with Crippen LogP contribution in [0.1, 0.15) is 134 Å². The highest BCUT2D eigenvalue weighted by Crippen LogP contribution is 2.48. The first-order valence-electron chi connectivity index (χ1n) is 31.8. The second-order valence-corrected chi connectivity index (χ2v) is 25.5. The van der Waals surface area contributed by atoms with Crippen molar-refractivity contribution >= 4 is 69.3 Å². The van der Waals surface area contributed by atoms with E-state index in [1.807, 2.05) is 35.0 Å². The number of fused-ring (bicyclic) bond motifs is 1. The number of hydrogen-bond donors (Lipinski definition) is 5. The number of likely N-dealkylation sites (tertiary alicyclic amines) is 1. The molecule has 2 aliphatic carbocycles. The quantitative estimate of drug-likeness (QED) is 0.0731. The van der Waals surface area contributed by atoms with E-state index in [0.29, 0.717) is 108 Å². The van der Waals surface area contributed by atoms with E-state index in [2.05, 4.69) is 78.9 Å². The molecule has 6 N–H and O–H groups in total. The van der Waals surface area contributed by atoms with Gasteiger partial charge in [-0.3, -0.25) is 34.7 Å². The summed E-state index contributed by atoms with van der Waals surface area (Å²) in [4.78, 5) is 87.0. The molecule has 2 saturated carbocycles. The van der Waals surface area contributed by atoms with Crippen LogP contribution in [-0.2, 0) is 29.5 Å². The third-order valence-corrected chi connectivity index (χ3v) is 18.1. The lowest BCUT2D eigenvalue weighted by atomic mass is 9.91. The first-order chi connectivity index (χ1) is 43.4. The van der Waals surface area contributed by atoms with Gasteiger partial charge in [0, 0.05) is 114 Å². The van der Waals surface area contributed by atoms with Crippen molar-refractivity contribution in [3.8, 4) is 22.8 Å². The summed E-state index contributed by atoms with van der Waals surface area (Å²) in [5.74, 6) is 0.405. The second-order valence-electron chi connectivity index (χ2n) is 25.5. The van der Waals surface area contributed by atoms with Crippen molar-refractivity contribution in [1.82, 2.24) is 60.2 Å². The van der Waals surface area contributed by atoms with Gasteiger partial charge in [-0.1, -0.05) is 24.4 Å². The van der Waals surface area contributed by atoms with Crippen LogP contribution in [0.15, 0.2) is 59.6 Å². The Labute approximate surface area is 522 Å². The van der Waals surface area contributed by atoms with Crippen molar-refractivity contribution in [2.45, 2.75) is 147 Å². The maximum Gasteiger partial charge on any atom is 0.409 e. The summed E-state index contributed by atoms with van der Waals surface area (Å²) in [5, 5.41) is 20.7. The molecule has 13 rings (SSSR count). The molecule has 2 unspecified atom stereocenters. The zero-order valence-corrected chi connectivity index (χ0v) is 52.1. The molecule has 7 fully saturated rings. The number of likely N-dealkylation sites (N-methyl/N-ethyl adjacent to an activating group) is 1. The molecule has 90 heavy (non-hydrogen) atoms. The molecule has 7 aliphatic rings. The molecule has 5 amide bonds. The minimum absolute atomic E-state index is 0.248. The molecule has 0 spiro atoms. The van der Waals surface area contributed by atoms with Crippen LogP contribution in [0.2, 0.25) is 0 Å². The molecule has 26 heteroatoms. The second kappa shape index (κ2) is 27.8. The van der Waals surface area contributed by atoms with Gasteiger partial charge in [-0.15, -0.1) is 0 Å². The highest BCUT2D eigenvalue weighted by Gasteiger charge is 2.38.